The van der Waals surface area contributed by atoms with Crippen LogP contribution in [-0.2, 0) is 20.7 Å². The maximum absolute atomic E-state index is 11.4. The summed E-state index contributed by atoms with van der Waals surface area (Å²) in [4.78, 5) is 26.8. The van der Waals surface area contributed by atoms with Crippen molar-refractivity contribution in [1.29, 1.82) is 0 Å². The summed E-state index contributed by atoms with van der Waals surface area (Å²) in [7, 11) is 1.17. The summed E-state index contributed by atoms with van der Waals surface area (Å²) in [6.45, 7) is 0. The number of ether oxygens (including phenoxy) is 1. The number of hydrogen-bond acceptors (Lipinski definition) is 4. The number of carbonyl (C=O) groups is 2. The van der Waals surface area contributed by atoms with Crippen LogP contribution in [0.1, 0.15) is 5.69 Å². The SMILES string of the molecule is COC(=O)C(Cc1ccc2ccccc2n1)C(=O)O. The van der Waals surface area contributed by atoms with E-state index in [2.05, 4.69) is 9.72 Å². The molecule has 5 heteroatoms. The molecule has 1 unspecified atom stereocenters. The minimum absolute atomic E-state index is 0.0207. The van der Waals surface area contributed by atoms with Crippen molar-refractivity contribution in [2.75, 3.05) is 7.11 Å². The molecule has 5 nitrogen and oxygen atoms in total. The van der Waals surface area contributed by atoms with Crippen LogP contribution >= 0.6 is 0 Å². The van der Waals surface area contributed by atoms with E-state index >= 15 is 0 Å². The smallest absolute Gasteiger partial charge is 0.320 e. The number of nitrogens with zero attached hydrogens (tertiary/aromatic N) is 1. The molecule has 0 bridgehead atoms. The van der Waals surface area contributed by atoms with Gasteiger partial charge in [0.25, 0.3) is 0 Å². The molecule has 2 rings (SSSR count). The van der Waals surface area contributed by atoms with Crippen molar-refractivity contribution in [2.45, 2.75) is 6.42 Å². The van der Waals surface area contributed by atoms with Crippen LogP contribution in [0.15, 0.2) is 36.4 Å². The molecule has 1 aromatic heterocycles. The number of aromatic nitrogens is 1. The van der Waals surface area contributed by atoms with Gasteiger partial charge in [-0.1, -0.05) is 24.3 Å². The number of hydrogen-bond donors (Lipinski definition) is 1. The van der Waals surface area contributed by atoms with E-state index in [1.807, 2.05) is 30.3 Å². The average Bonchev–Trinajstić information content (AvgIpc) is 2.43. The van der Waals surface area contributed by atoms with Crippen LogP contribution < -0.4 is 0 Å². The van der Waals surface area contributed by atoms with Crippen LogP contribution in [0, 0.1) is 5.92 Å². The van der Waals surface area contributed by atoms with Gasteiger partial charge in [0.1, 0.15) is 0 Å². The molecule has 0 saturated carbocycles. The second-order valence-electron chi connectivity index (χ2n) is 4.11. The summed E-state index contributed by atoms with van der Waals surface area (Å²) in [6, 6.07) is 11.1. The van der Waals surface area contributed by atoms with Crippen molar-refractivity contribution in [3.8, 4) is 0 Å². The highest BCUT2D eigenvalue weighted by molar-refractivity contribution is 5.94. The molecule has 98 valence electrons. The summed E-state index contributed by atoms with van der Waals surface area (Å²) >= 11 is 0. The monoisotopic (exact) mass is 259 g/mol. The first-order valence-electron chi connectivity index (χ1n) is 5.77. The molecular weight excluding hydrogens is 246 g/mol. The number of pyridine rings is 1. The minimum atomic E-state index is -1.22. The lowest BCUT2D eigenvalue weighted by Gasteiger charge is -2.09. The van der Waals surface area contributed by atoms with Gasteiger partial charge in [-0.25, -0.2) is 0 Å². The third-order valence-corrected chi connectivity index (χ3v) is 2.85. The highest BCUT2D eigenvalue weighted by Gasteiger charge is 2.27. The molecule has 0 aliphatic heterocycles. The van der Waals surface area contributed by atoms with Gasteiger partial charge in [0.05, 0.1) is 12.6 Å². The molecule has 2 aromatic rings. The second-order valence-corrected chi connectivity index (χ2v) is 4.11. The van der Waals surface area contributed by atoms with E-state index in [1.165, 1.54) is 7.11 Å². The summed E-state index contributed by atoms with van der Waals surface area (Å²) in [6.07, 6.45) is 0.0207. The molecular formula is C14H13NO4. The summed E-state index contributed by atoms with van der Waals surface area (Å²) < 4.78 is 4.49. The molecule has 0 radical (unpaired) electrons. The van der Waals surface area contributed by atoms with Crippen LogP contribution in [-0.4, -0.2) is 29.1 Å². The zero-order valence-electron chi connectivity index (χ0n) is 10.4. The standard InChI is InChI=1S/C14H13NO4/c1-19-14(18)11(13(16)17)8-10-7-6-9-4-2-3-5-12(9)15-10/h2-7,11H,8H2,1H3,(H,16,17). The lowest BCUT2D eigenvalue weighted by Crippen LogP contribution is -2.27. The van der Waals surface area contributed by atoms with Crippen LogP contribution in [0.4, 0.5) is 0 Å². The molecule has 0 fully saturated rings. The van der Waals surface area contributed by atoms with E-state index in [0.29, 0.717) is 5.69 Å². The van der Waals surface area contributed by atoms with Crippen molar-refractivity contribution in [2.24, 2.45) is 5.92 Å². The molecule has 1 N–H and O–H groups in total. The van der Waals surface area contributed by atoms with Crippen LogP contribution in [0.2, 0.25) is 0 Å². The van der Waals surface area contributed by atoms with Crippen molar-refractivity contribution in [1.82, 2.24) is 4.98 Å². The molecule has 1 atom stereocenters. The van der Waals surface area contributed by atoms with E-state index in [-0.39, 0.29) is 6.42 Å². The predicted molar refractivity (Wildman–Crippen MR) is 68.6 cm³/mol. The summed E-state index contributed by atoms with van der Waals surface area (Å²) in [5.74, 6) is -3.19. The Balaban J connectivity index is 2.28. The maximum Gasteiger partial charge on any atom is 0.320 e. The lowest BCUT2D eigenvalue weighted by molar-refractivity contribution is -0.156. The number of para-hydroxylation sites is 1. The number of methoxy groups -OCH3 is 1. The first kappa shape index (κ1) is 13.0. The van der Waals surface area contributed by atoms with Gasteiger partial charge in [-0.3, -0.25) is 14.6 Å². The van der Waals surface area contributed by atoms with Gasteiger partial charge >= 0.3 is 11.9 Å². The molecule has 1 aromatic carbocycles. The first-order valence-corrected chi connectivity index (χ1v) is 5.77. The number of aliphatic carboxylic acids is 1. The molecule has 19 heavy (non-hydrogen) atoms. The molecule has 0 spiro atoms. The number of benzene rings is 1. The van der Waals surface area contributed by atoms with E-state index in [0.717, 1.165) is 10.9 Å². The number of carboxylic acid groups (broad SMARTS) is 1. The normalized spacial score (nSPS) is 12.1. The Kier molecular flexibility index (Phi) is 3.75. The fourth-order valence-corrected chi connectivity index (χ4v) is 1.84. The third kappa shape index (κ3) is 2.88. The van der Waals surface area contributed by atoms with E-state index in [4.69, 9.17) is 5.11 Å². The van der Waals surface area contributed by atoms with Crippen LogP contribution in [0.3, 0.4) is 0 Å². The van der Waals surface area contributed by atoms with E-state index in [1.54, 1.807) is 6.07 Å². The maximum atomic E-state index is 11.4. The van der Waals surface area contributed by atoms with Crippen molar-refractivity contribution in [3.05, 3.63) is 42.1 Å². The van der Waals surface area contributed by atoms with Gasteiger partial charge in [-0.2, -0.15) is 0 Å². The third-order valence-electron chi connectivity index (χ3n) is 2.85. The van der Waals surface area contributed by atoms with E-state index < -0.39 is 17.9 Å². The average molecular weight is 259 g/mol. The zero-order chi connectivity index (χ0) is 13.8. The van der Waals surface area contributed by atoms with E-state index in [9.17, 15) is 9.59 Å². The predicted octanol–water partition coefficient (Wildman–Crippen LogP) is 1.65. The van der Waals surface area contributed by atoms with Gasteiger partial charge in [0.15, 0.2) is 5.92 Å². The number of carboxylic acids is 1. The Morgan fingerprint density at radius 2 is 2.00 bits per heavy atom. The molecule has 0 saturated heterocycles. The quantitative estimate of drug-likeness (QED) is 0.667. The van der Waals surface area contributed by atoms with Crippen LogP contribution in [0.25, 0.3) is 10.9 Å². The van der Waals surface area contributed by atoms with Crippen LogP contribution in [0.5, 0.6) is 0 Å². The van der Waals surface area contributed by atoms with Gasteiger partial charge in [-0.15, -0.1) is 0 Å². The highest BCUT2D eigenvalue weighted by atomic mass is 16.5. The Labute approximate surface area is 109 Å². The number of rotatable bonds is 4. The first-order chi connectivity index (χ1) is 9.11. The topological polar surface area (TPSA) is 76.5 Å². The number of fused-ring (bicyclic) bond motifs is 1. The Bertz CT molecular complexity index is 624. The number of esters is 1. The second kappa shape index (κ2) is 5.48. The van der Waals surface area contributed by atoms with Gasteiger partial charge in [0.2, 0.25) is 0 Å². The summed E-state index contributed by atoms with van der Waals surface area (Å²) in [5, 5.41) is 9.99. The van der Waals surface area contributed by atoms with Crippen molar-refractivity contribution in [3.63, 3.8) is 0 Å². The fourth-order valence-electron chi connectivity index (χ4n) is 1.84. The van der Waals surface area contributed by atoms with Crippen molar-refractivity contribution < 1.29 is 19.4 Å². The molecule has 0 aliphatic carbocycles. The number of carbonyl (C=O) groups excluding carboxylic acids is 1. The summed E-state index contributed by atoms with van der Waals surface area (Å²) in [5.41, 5.74) is 1.32. The molecule has 0 amide bonds. The Hall–Kier alpha value is -2.43. The van der Waals surface area contributed by atoms with Crippen molar-refractivity contribution >= 4 is 22.8 Å². The molecule has 0 aliphatic rings. The van der Waals surface area contributed by atoms with Gasteiger partial charge < -0.3 is 9.84 Å². The lowest BCUT2D eigenvalue weighted by atomic mass is 10.0. The fraction of sp³-hybridized carbons (Fsp3) is 0.214. The molecule has 1 heterocycles. The largest absolute Gasteiger partial charge is 0.481 e. The minimum Gasteiger partial charge on any atom is -0.481 e. The van der Waals surface area contributed by atoms with Gasteiger partial charge in [-0.05, 0) is 12.1 Å². The Morgan fingerprint density at radius 1 is 1.26 bits per heavy atom. The Morgan fingerprint density at radius 3 is 2.68 bits per heavy atom. The van der Waals surface area contributed by atoms with Gasteiger partial charge in [0, 0.05) is 17.5 Å². The zero-order valence-corrected chi connectivity index (χ0v) is 10.4. The highest BCUT2D eigenvalue weighted by Crippen LogP contribution is 2.15.